The van der Waals surface area contributed by atoms with Gasteiger partial charge in [0.05, 0.1) is 0 Å². The van der Waals surface area contributed by atoms with Crippen molar-refractivity contribution in [1.29, 1.82) is 0 Å². The van der Waals surface area contributed by atoms with E-state index in [0.29, 0.717) is 12.3 Å². The van der Waals surface area contributed by atoms with Gasteiger partial charge in [-0.2, -0.15) is 0 Å². The molecule has 2 aromatic rings. The minimum Gasteiger partial charge on any atom is -0.508 e. The minimum absolute atomic E-state index is 0. The fourth-order valence-corrected chi connectivity index (χ4v) is 1660. The standard InChI is InChI=1S/C21H24O3.C5H10.Fe.H112P110/c22-14-13-20(15-3-1-2-4-15)21(16-5-9-18(23)10-6-16)17-7-11-19(24)12-8-17;1-2-4-5-3-1;;1-57(2)85(58(3)4)99(86(59(5)6)60(7)8)106(100(87(61(9)10)62(11)12)88(63(13)14)64(15)16)109(105(97(81(49)50)82(51)52)98(83(53)54)84(55)56)110(107(101(89(65(17)18)66(19)20)90(67(21)22)68(23)24)102(91(69(25)26)70(27)28)92(71(29)30)72(31)32)108(103(93(73(33)34)74(35)36)94(75(37)38)76(39)40)104(95(77(41)42)78(43)44)96(79(45)46)80(47)48/h5-12,15,22-24H,1-4,13-14H2;1-5H2;;1-56H2. The van der Waals surface area contributed by atoms with Crippen LogP contribution in [0.3, 0.4) is 0 Å². The Labute approximate surface area is 1050 Å². The van der Waals surface area contributed by atoms with Crippen LogP contribution in [-0.4, -0.2) is 21.9 Å². The van der Waals surface area contributed by atoms with Gasteiger partial charge < -0.3 is 15.3 Å². The summed E-state index contributed by atoms with van der Waals surface area (Å²) in [6, 6.07) is 14.5. The van der Waals surface area contributed by atoms with E-state index in [2.05, 4.69) is 500 Å². The molecule has 0 spiro atoms. The third-order valence-electron chi connectivity index (χ3n) is 15.9. The molecule has 3 nitrogen and oxygen atoms in total. The molecule has 3 N–H and O–H groups in total. The zero-order chi connectivity index (χ0) is 108. The van der Waals surface area contributed by atoms with Crippen molar-refractivity contribution >= 4 is 883 Å². The number of aliphatic hydroxyl groups is 1. The molecule has 2 aliphatic carbocycles. The fraction of sp³-hybridized carbons (Fsp3) is 0.462. The zero-order valence-electron chi connectivity index (χ0n) is 74.2. The van der Waals surface area contributed by atoms with Gasteiger partial charge >= 0.3 is 0 Å². The molecular formula is C26H146FeO3P110. The van der Waals surface area contributed by atoms with Gasteiger partial charge in [-0.3, -0.25) is 0 Å². The molecule has 57 atom stereocenters. The van der Waals surface area contributed by atoms with Crippen LogP contribution in [0.4, 0.5) is 0 Å². The molecule has 2 aromatic carbocycles. The zero-order valence-corrected chi connectivity index (χ0v) is 188. The first-order valence-electron chi connectivity index (χ1n) is 36.2. The second-order valence-electron chi connectivity index (χ2n) is 25.8. The Morgan fingerprint density at radius 1 is 0.179 bits per heavy atom. The van der Waals surface area contributed by atoms with Crippen molar-refractivity contribution in [2.24, 2.45) is 5.92 Å². The Bertz CT molecular complexity index is 3070. The van der Waals surface area contributed by atoms with E-state index in [9.17, 15) is 15.3 Å². The number of hydrogen-bond donors (Lipinski definition) is 3. The molecule has 2 fully saturated rings. The minimum atomic E-state index is -0.736. The summed E-state index contributed by atoms with van der Waals surface area (Å²) in [4.78, 5) is 0. The summed E-state index contributed by atoms with van der Waals surface area (Å²) in [6.45, 7) is -27.2. The Balaban J connectivity index is 0.00000273. The SMILES string of the molecule is C1CCCC1.OCCC(=C(c1ccc(O)cc1)c1ccc(O)cc1)C1CCCC1.PP(P)P(P(P)P)P(P(P(P)P)P(P)P)P(P(P(P(P)P)P(P)P)P(P(P)P)P(P)P)P(P(P(P(P)P)P(P)P)P(P(P)P)P(P)P)P(P(P(P(P(P)P)P(P)P)P(P(P)P)P(P)P)P(P(P(P)P)P(P)P)P(P(P)P)P(P)P)P(P(P(P(P)P)P(P)P)P(P(P)P)P(P)P)P(P(P(P)P)P(P)P)P(P(P)P)P(P)P.[Fe]. The number of benzene rings is 2. The van der Waals surface area contributed by atoms with Gasteiger partial charge in [0.25, 0.3) is 0 Å². The molecule has 0 aromatic heterocycles. The first kappa shape index (κ1) is 184. The predicted octanol–water partition coefficient (Wildman–Crippen LogP) is 71.2. The van der Waals surface area contributed by atoms with Crippen LogP contribution in [0.1, 0.15) is 75.3 Å². The number of phenols is 2. The molecule has 0 saturated heterocycles. The van der Waals surface area contributed by atoms with E-state index in [-0.39, 0.29) is 35.2 Å². The average molecular weight is 3970 g/mol. The third-order valence-corrected chi connectivity index (χ3v) is 799. The van der Waals surface area contributed by atoms with Gasteiger partial charge in [0.2, 0.25) is 0 Å². The molecule has 57 unspecified atom stereocenters. The summed E-state index contributed by atoms with van der Waals surface area (Å²) < 4.78 is 0. The molecule has 826 valence electrons. The Hall–Kier alpha value is 45.6. The maximum Gasteiger partial charge on any atom is 0.115 e. The van der Waals surface area contributed by atoms with Crippen molar-refractivity contribution in [2.75, 3.05) is 6.61 Å². The van der Waals surface area contributed by atoms with Crippen molar-refractivity contribution in [3.05, 3.63) is 65.2 Å². The third kappa shape index (κ3) is 64.3. The summed E-state index contributed by atoms with van der Waals surface area (Å²) >= 11 is 0. The Morgan fingerprint density at radius 3 is 0.386 bits per heavy atom. The molecule has 0 amide bonds. The second-order valence-corrected chi connectivity index (χ2v) is 484. The average Bonchev–Trinajstić information content (AvgIpc) is 1.02. The van der Waals surface area contributed by atoms with Gasteiger partial charge in [-0.15, -0.1) is 500 Å². The van der Waals surface area contributed by atoms with Crippen LogP contribution in [0.5, 0.6) is 11.5 Å². The molecular weight excluding hydrogens is 3820 g/mol. The van der Waals surface area contributed by atoms with Crippen LogP contribution in [0, 0.1) is 5.92 Å². The number of hydrogen-bond acceptors (Lipinski definition) is 3. The van der Waals surface area contributed by atoms with Gasteiger partial charge in [-0.25, -0.2) is 0 Å². The van der Waals surface area contributed by atoms with E-state index >= 15 is 0 Å². The van der Waals surface area contributed by atoms with Crippen LogP contribution in [0.15, 0.2) is 54.1 Å². The topological polar surface area (TPSA) is 60.7 Å². The summed E-state index contributed by atoms with van der Waals surface area (Å²) in [5, 5.41) is 28.8. The first-order chi connectivity index (χ1) is 64.2. The smallest absolute Gasteiger partial charge is 0.115 e. The van der Waals surface area contributed by atoms with Gasteiger partial charge in [0.1, 0.15) is 11.5 Å². The summed E-state index contributed by atoms with van der Waals surface area (Å²) in [6.07, 6.45) is 12.9. The van der Waals surface area contributed by atoms with Gasteiger partial charge in [-0.1, -0.05) is 74.8 Å². The van der Waals surface area contributed by atoms with Crippen molar-refractivity contribution in [2.45, 2.75) is 64.2 Å². The molecule has 0 radical (unpaired) electrons. The van der Waals surface area contributed by atoms with E-state index in [1.165, 1.54) is 50.5 Å². The van der Waals surface area contributed by atoms with E-state index < -0.39 is 377 Å². The van der Waals surface area contributed by atoms with Crippen molar-refractivity contribution in [3.63, 3.8) is 0 Å². The van der Waals surface area contributed by atoms with Gasteiger partial charge in [-0.05, 0) is 443 Å². The molecule has 0 aliphatic heterocycles. The molecule has 2 saturated carbocycles. The number of aliphatic hydroxyl groups excluding tert-OH is 1. The van der Waals surface area contributed by atoms with E-state index in [4.69, 9.17) is 0 Å². The van der Waals surface area contributed by atoms with Crippen LogP contribution in [-0.2, 0) is 17.1 Å². The Kier molecular flexibility index (Phi) is 133. The molecule has 4 rings (SSSR count). The molecule has 0 heterocycles. The summed E-state index contributed by atoms with van der Waals surface area (Å²) in [7, 11) is 216. The number of rotatable bonds is 58. The van der Waals surface area contributed by atoms with Crippen LogP contribution < -0.4 is 0 Å². The molecule has 140 heavy (non-hydrogen) atoms. The fourth-order valence-electron chi connectivity index (χ4n) is 11.4. The summed E-state index contributed by atoms with van der Waals surface area (Å²) in [5.41, 5.74) is 4.48. The maximum atomic E-state index is 9.61. The van der Waals surface area contributed by atoms with Gasteiger partial charge in [0, 0.05) is 23.7 Å². The second kappa shape index (κ2) is 101. The normalized spacial score (nSPS) is 15.2. The molecule has 114 heteroatoms. The van der Waals surface area contributed by atoms with Crippen LogP contribution in [0.25, 0.3) is 5.57 Å². The molecule has 0 bridgehead atoms. The predicted molar refractivity (Wildman–Crippen MR) is 1040 cm³/mol. The van der Waals surface area contributed by atoms with Crippen molar-refractivity contribution in [3.8, 4) is 11.5 Å². The quantitative estimate of drug-likeness (QED) is 0.0457. The monoisotopic (exact) mass is 3970 g/mol. The number of aromatic hydroxyl groups is 2. The maximum absolute atomic E-state index is 9.61. The first-order valence-corrected chi connectivity index (χ1v) is 237. The van der Waals surface area contributed by atoms with Crippen LogP contribution in [0.2, 0.25) is 0 Å². The van der Waals surface area contributed by atoms with Gasteiger partial charge in [0.15, 0.2) is 0 Å². The summed E-state index contributed by atoms with van der Waals surface area (Å²) in [5.74, 6) is 0.983. The van der Waals surface area contributed by atoms with E-state index in [0.717, 1.165) is 29.5 Å². The van der Waals surface area contributed by atoms with Crippen molar-refractivity contribution in [1.82, 2.24) is 0 Å². The van der Waals surface area contributed by atoms with E-state index in [1.54, 1.807) is 24.3 Å². The number of phenolic OH excluding ortho intramolecular Hbond substituents is 2. The van der Waals surface area contributed by atoms with Crippen molar-refractivity contribution < 1.29 is 32.4 Å². The van der Waals surface area contributed by atoms with Crippen LogP contribution >= 0.6 is 877 Å². The van der Waals surface area contributed by atoms with E-state index in [1.807, 2.05) is 24.3 Å². The molecule has 2 aliphatic rings. The largest absolute Gasteiger partial charge is 0.508 e. The Morgan fingerprint density at radius 2 is 0.286 bits per heavy atom.